The lowest BCUT2D eigenvalue weighted by Crippen LogP contribution is -2.45. The Hall–Kier alpha value is -1.10. The second-order valence-electron chi connectivity index (χ2n) is 5.64. The minimum absolute atomic E-state index is 0.0135. The second-order valence-corrected chi connectivity index (χ2v) is 6.08. The van der Waals surface area contributed by atoms with E-state index in [0.717, 1.165) is 12.1 Å². The van der Waals surface area contributed by atoms with Crippen LogP contribution in [-0.4, -0.2) is 36.0 Å². The van der Waals surface area contributed by atoms with E-state index in [4.69, 9.17) is 17.3 Å². The third kappa shape index (κ3) is 5.65. The van der Waals surface area contributed by atoms with Crippen molar-refractivity contribution in [2.45, 2.75) is 45.8 Å². The quantitative estimate of drug-likeness (QED) is 0.813. The summed E-state index contributed by atoms with van der Waals surface area (Å²) in [5.74, 6) is 0.0135. The molecule has 118 valence electrons. The zero-order valence-electron chi connectivity index (χ0n) is 13.3. The summed E-state index contributed by atoms with van der Waals surface area (Å²) < 4.78 is 0. The number of rotatable bonds is 7. The number of benzene rings is 1. The summed E-state index contributed by atoms with van der Waals surface area (Å²) in [5.41, 5.74) is 7.19. The van der Waals surface area contributed by atoms with Crippen molar-refractivity contribution in [3.63, 3.8) is 0 Å². The van der Waals surface area contributed by atoms with Gasteiger partial charge in [0.05, 0.1) is 12.6 Å². The highest BCUT2D eigenvalue weighted by atomic mass is 35.5. The van der Waals surface area contributed by atoms with Crippen LogP contribution in [0.15, 0.2) is 24.3 Å². The fourth-order valence-electron chi connectivity index (χ4n) is 2.50. The molecule has 0 aliphatic rings. The normalized spacial score (nSPS) is 14.3. The average molecular weight is 312 g/mol. The fraction of sp³-hybridized carbons (Fsp3) is 0.562. The van der Waals surface area contributed by atoms with Crippen LogP contribution >= 0.6 is 11.6 Å². The molecule has 0 saturated carbocycles. The molecule has 0 saturated heterocycles. The Morgan fingerprint density at radius 2 is 2.05 bits per heavy atom. The zero-order valence-corrected chi connectivity index (χ0v) is 14.0. The van der Waals surface area contributed by atoms with Crippen molar-refractivity contribution < 1.29 is 4.79 Å². The number of hydrogen-bond acceptors (Lipinski definition) is 3. The van der Waals surface area contributed by atoms with E-state index in [1.54, 1.807) is 0 Å². The highest BCUT2D eigenvalue weighted by Crippen LogP contribution is 2.25. The molecule has 0 bridgehead atoms. The number of nitrogens with zero attached hydrogens (tertiary/aromatic N) is 1. The van der Waals surface area contributed by atoms with Gasteiger partial charge in [0.25, 0.3) is 0 Å². The van der Waals surface area contributed by atoms with E-state index in [2.05, 4.69) is 10.2 Å². The smallest absolute Gasteiger partial charge is 0.234 e. The molecule has 0 spiro atoms. The van der Waals surface area contributed by atoms with Crippen molar-refractivity contribution >= 4 is 17.5 Å². The van der Waals surface area contributed by atoms with Crippen molar-refractivity contribution in [1.29, 1.82) is 0 Å². The molecule has 0 fully saturated rings. The van der Waals surface area contributed by atoms with E-state index < -0.39 is 0 Å². The van der Waals surface area contributed by atoms with Crippen molar-refractivity contribution in [3.8, 4) is 0 Å². The van der Waals surface area contributed by atoms with E-state index in [1.807, 2.05) is 52.0 Å². The molecule has 0 radical (unpaired) electrons. The maximum Gasteiger partial charge on any atom is 0.234 e. The van der Waals surface area contributed by atoms with Gasteiger partial charge in [-0.05, 0) is 45.0 Å². The zero-order chi connectivity index (χ0) is 16.0. The molecule has 2 atom stereocenters. The van der Waals surface area contributed by atoms with Crippen LogP contribution < -0.4 is 11.1 Å². The van der Waals surface area contributed by atoms with Gasteiger partial charge in [-0.1, -0.05) is 30.7 Å². The van der Waals surface area contributed by atoms with Gasteiger partial charge >= 0.3 is 0 Å². The van der Waals surface area contributed by atoms with Gasteiger partial charge in [-0.3, -0.25) is 9.69 Å². The van der Waals surface area contributed by atoms with Crippen molar-refractivity contribution in [2.24, 2.45) is 5.73 Å². The molecule has 0 aromatic heterocycles. The number of carbonyl (C=O) groups excluding carboxylic acids is 1. The van der Waals surface area contributed by atoms with Gasteiger partial charge in [0, 0.05) is 17.1 Å². The molecule has 1 aromatic carbocycles. The minimum Gasteiger partial charge on any atom is -0.353 e. The highest BCUT2D eigenvalue weighted by Gasteiger charge is 2.25. The molecular weight excluding hydrogens is 286 g/mol. The van der Waals surface area contributed by atoms with Crippen LogP contribution in [0.5, 0.6) is 0 Å². The summed E-state index contributed by atoms with van der Waals surface area (Å²) in [7, 11) is 0. The van der Waals surface area contributed by atoms with Gasteiger partial charge in [0.15, 0.2) is 0 Å². The molecule has 0 heterocycles. The Morgan fingerprint density at radius 3 is 2.52 bits per heavy atom. The van der Waals surface area contributed by atoms with E-state index in [9.17, 15) is 4.79 Å². The lowest BCUT2D eigenvalue weighted by atomic mass is 9.99. The SMILES string of the molecule is CCN(CC(=O)NC(C)C)C(c1cccc(Cl)c1)C(C)N. The molecule has 1 rings (SSSR count). The predicted octanol–water partition coefficient (Wildman–Crippen LogP) is 2.57. The Kier molecular flexibility index (Phi) is 7.15. The standard InChI is InChI=1S/C16H26ClN3O/c1-5-20(10-15(21)19-11(2)3)16(12(4)18)13-7-6-8-14(17)9-13/h6-9,11-12,16H,5,10,18H2,1-4H3,(H,19,21). The Bertz CT molecular complexity index is 463. The number of nitrogens with two attached hydrogens (primary N) is 1. The van der Waals surface area contributed by atoms with Crippen LogP contribution in [0.25, 0.3) is 0 Å². The first kappa shape index (κ1) is 18.0. The maximum atomic E-state index is 12.0. The Labute approximate surface area is 132 Å². The van der Waals surface area contributed by atoms with Gasteiger partial charge in [-0.15, -0.1) is 0 Å². The molecule has 3 N–H and O–H groups in total. The van der Waals surface area contributed by atoms with E-state index >= 15 is 0 Å². The van der Waals surface area contributed by atoms with Crippen LogP contribution in [0.4, 0.5) is 0 Å². The molecular formula is C16H26ClN3O. The fourth-order valence-corrected chi connectivity index (χ4v) is 2.70. The summed E-state index contributed by atoms with van der Waals surface area (Å²) in [6, 6.07) is 7.67. The first-order valence-electron chi connectivity index (χ1n) is 7.39. The third-order valence-corrected chi connectivity index (χ3v) is 3.52. The number of hydrogen-bond donors (Lipinski definition) is 2. The van der Waals surface area contributed by atoms with Crippen molar-refractivity contribution in [3.05, 3.63) is 34.9 Å². The van der Waals surface area contributed by atoms with Gasteiger partial charge in [-0.2, -0.15) is 0 Å². The largest absolute Gasteiger partial charge is 0.353 e. The molecule has 0 aliphatic heterocycles. The second kappa shape index (κ2) is 8.37. The van der Waals surface area contributed by atoms with Crippen molar-refractivity contribution in [1.82, 2.24) is 10.2 Å². The lowest BCUT2D eigenvalue weighted by Gasteiger charge is -2.33. The topological polar surface area (TPSA) is 58.4 Å². The van der Waals surface area contributed by atoms with Crippen LogP contribution in [0.3, 0.4) is 0 Å². The monoisotopic (exact) mass is 311 g/mol. The number of halogens is 1. The van der Waals surface area contributed by atoms with Crippen molar-refractivity contribution in [2.75, 3.05) is 13.1 Å². The summed E-state index contributed by atoms with van der Waals surface area (Å²) in [5, 5.41) is 3.60. The van der Waals surface area contributed by atoms with E-state index in [0.29, 0.717) is 11.6 Å². The average Bonchev–Trinajstić information content (AvgIpc) is 2.36. The molecule has 4 nitrogen and oxygen atoms in total. The Balaban J connectivity index is 2.93. The van der Waals surface area contributed by atoms with Gasteiger partial charge in [-0.25, -0.2) is 0 Å². The van der Waals surface area contributed by atoms with E-state index in [1.165, 1.54) is 0 Å². The molecule has 2 unspecified atom stereocenters. The number of likely N-dealkylation sites (N-methyl/N-ethyl adjacent to an activating group) is 1. The summed E-state index contributed by atoms with van der Waals surface area (Å²) in [4.78, 5) is 14.1. The van der Waals surface area contributed by atoms with Crippen LogP contribution in [0.1, 0.15) is 39.3 Å². The van der Waals surface area contributed by atoms with Crippen LogP contribution in [-0.2, 0) is 4.79 Å². The number of nitrogens with one attached hydrogen (secondary N) is 1. The number of amides is 1. The molecule has 0 aliphatic carbocycles. The summed E-state index contributed by atoms with van der Waals surface area (Å²) in [6.45, 7) is 8.96. The van der Waals surface area contributed by atoms with Crippen LogP contribution in [0.2, 0.25) is 5.02 Å². The van der Waals surface area contributed by atoms with Gasteiger partial charge in [0.2, 0.25) is 5.91 Å². The van der Waals surface area contributed by atoms with Crippen LogP contribution in [0, 0.1) is 0 Å². The lowest BCUT2D eigenvalue weighted by molar-refractivity contribution is -0.123. The molecule has 5 heteroatoms. The molecule has 1 aromatic rings. The Morgan fingerprint density at radius 1 is 1.38 bits per heavy atom. The summed E-state index contributed by atoms with van der Waals surface area (Å²) >= 11 is 6.08. The number of carbonyl (C=O) groups is 1. The van der Waals surface area contributed by atoms with E-state index in [-0.39, 0.29) is 24.0 Å². The summed E-state index contributed by atoms with van der Waals surface area (Å²) in [6.07, 6.45) is 0. The van der Waals surface area contributed by atoms with Gasteiger partial charge < -0.3 is 11.1 Å². The highest BCUT2D eigenvalue weighted by molar-refractivity contribution is 6.30. The first-order valence-corrected chi connectivity index (χ1v) is 7.77. The third-order valence-electron chi connectivity index (χ3n) is 3.28. The minimum atomic E-state index is -0.102. The predicted molar refractivity (Wildman–Crippen MR) is 88.4 cm³/mol. The molecule has 21 heavy (non-hydrogen) atoms. The first-order chi connectivity index (χ1) is 9.85. The molecule has 1 amide bonds. The maximum absolute atomic E-state index is 12.0. The van der Waals surface area contributed by atoms with Gasteiger partial charge in [0.1, 0.15) is 0 Å².